The monoisotopic (exact) mass is 397 g/mol. The lowest BCUT2D eigenvalue weighted by Crippen LogP contribution is -2.33. The molecule has 1 heterocycles. The molecule has 0 fully saturated rings. The van der Waals surface area contributed by atoms with Crippen molar-refractivity contribution in [2.24, 2.45) is 0 Å². The molecule has 1 N–H and O–H groups in total. The molecule has 0 saturated heterocycles. The third kappa shape index (κ3) is 4.15. The molecule has 5 heteroatoms. The average Bonchev–Trinajstić information content (AvgIpc) is 2.80. The van der Waals surface area contributed by atoms with Gasteiger partial charge in [-0.15, -0.1) is 0 Å². The zero-order chi connectivity index (χ0) is 20.9. The van der Waals surface area contributed by atoms with E-state index in [9.17, 15) is 9.59 Å². The van der Waals surface area contributed by atoms with Crippen molar-refractivity contribution in [3.63, 3.8) is 0 Å². The number of benzene rings is 3. The summed E-state index contributed by atoms with van der Waals surface area (Å²) in [7, 11) is 0. The molecule has 1 aromatic heterocycles. The molecule has 4 aromatic rings. The van der Waals surface area contributed by atoms with Gasteiger partial charge in [0.1, 0.15) is 6.54 Å². The maximum Gasteiger partial charge on any atom is 0.349 e. The van der Waals surface area contributed by atoms with Crippen molar-refractivity contribution >= 4 is 16.8 Å². The molecular weight excluding hydrogens is 374 g/mol. The average molecular weight is 397 g/mol. The van der Waals surface area contributed by atoms with Crippen LogP contribution in [0.4, 0.5) is 0 Å². The van der Waals surface area contributed by atoms with Gasteiger partial charge in [0.15, 0.2) is 0 Å². The number of fused-ring (bicyclic) bond motifs is 1. The Kier molecular flexibility index (Phi) is 5.70. The number of nitrogens with one attached hydrogen (secondary N) is 1. The lowest BCUT2D eigenvalue weighted by atomic mass is 10.1. The first kappa shape index (κ1) is 19.6. The van der Waals surface area contributed by atoms with Gasteiger partial charge in [-0.2, -0.15) is 4.98 Å². The van der Waals surface area contributed by atoms with Crippen LogP contribution in [-0.2, 0) is 24.3 Å². The predicted octanol–water partition coefficient (Wildman–Crippen LogP) is 3.94. The molecule has 0 bridgehead atoms. The Morgan fingerprint density at radius 2 is 1.57 bits per heavy atom. The number of hydrogen-bond donors (Lipinski definition) is 1. The number of rotatable bonds is 6. The van der Waals surface area contributed by atoms with Gasteiger partial charge in [0.05, 0.1) is 11.2 Å². The first-order valence-electron chi connectivity index (χ1n) is 10.0. The zero-order valence-corrected chi connectivity index (χ0v) is 16.8. The molecule has 0 spiro atoms. The second kappa shape index (κ2) is 8.74. The lowest BCUT2D eigenvalue weighted by Gasteiger charge is -2.13. The first-order chi connectivity index (χ1) is 14.7. The summed E-state index contributed by atoms with van der Waals surface area (Å²) in [6, 6.07) is 25.3. The number of carbonyl (C=O) groups is 1. The molecule has 0 saturated carbocycles. The molecule has 0 aliphatic heterocycles. The van der Waals surface area contributed by atoms with Crippen LogP contribution < -0.4 is 11.0 Å². The highest BCUT2D eigenvalue weighted by Crippen LogP contribution is 2.24. The Morgan fingerprint density at radius 3 is 2.30 bits per heavy atom. The number of carbonyl (C=O) groups excluding carboxylic acids is 1. The smallest absolute Gasteiger partial charge is 0.349 e. The Morgan fingerprint density at radius 1 is 0.900 bits per heavy atom. The fourth-order valence-electron chi connectivity index (χ4n) is 3.49. The van der Waals surface area contributed by atoms with Gasteiger partial charge in [0.25, 0.3) is 0 Å². The molecule has 0 unspecified atom stereocenters. The minimum atomic E-state index is -0.435. The zero-order valence-electron chi connectivity index (χ0n) is 16.8. The minimum Gasteiger partial charge on any atom is -0.350 e. The summed E-state index contributed by atoms with van der Waals surface area (Å²) in [5, 5.41) is 3.74. The molecule has 150 valence electrons. The largest absolute Gasteiger partial charge is 0.350 e. The number of aromatic nitrogens is 2. The van der Waals surface area contributed by atoms with Crippen LogP contribution in [0.25, 0.3) is 22.2 Å². The Hall–Kier alpha value is -3.73. The van der Waals surface area contributed by atoms with Crippen molar-refractivity contribution in [1.29, 1.82) is 0 Å². The second-order valence-corrected chi connectivity index (χ2v) is 7.16. The highest BCUT2D eigenvalue weighted by atomic mass is 16.2. The molecule has 1 amide bonds. The van der Waals surface area contributed by atoms with E-state index in [2.05, 4.69) is 29.4 Å². The molecule has 0 atom stereocenters. The van der Waals surface area contributed by atoms with Crippen LogP contribution >= 0.6 is 0 Å². The summed E-state index contributed by atoms with van der Waals surface area (Å²) in [4.78, 5) is 29.6. The van der Waals surface area contributed by atoms with Gasteiger partial charge >= 0.3 is 5.69 Å². The molecule has 0 aliphatic rings. The molecule has 0 radical (unpaired) electrons. The Labute approximate surface area is 175 Å². The summed E-state index contributed by atoms with van der Waals surface area (Å²) < 4.78 is 1.43. The van der Waals surface area contributed by atoms with E-state index in [1.54, 1.807) is 0 Å². The van der Waals surface area contributed by atoms with Gasteiger partial charge in [0, 0.05) is 17.5 Å². The van der Waals surface area contributed by atoms with Crippen LogP contribution in [0.3, 0.4) is 0 Å². The van der Waals surface area contributed by atoms with E-state index in [0.717, 1.165) is 22.9 Å². The van der Waals surface area contributed by atoms with E-state index < -0.39 is 5.69 Å². The van der Waals surface area contributed by atoms with E-state index in [1.165, 1.54) is 10.1 Å². The van der Waals surface area contributed by atoms with Crippen molar-refractivity contribution in [3.05, 3.63) is 100 Å². The van der Waals surface area contributed by atoms with Crippen molar-refractivity contribution in [3.8, 4) is 11.3 Å². The second-order valence-electron chi connectivity index (χ2n) is 7.16. The summed E-state index contributed by atoms with van der Waals surface area (Å²) in [5.74, 6) is -0.226. The number of aryl methyl sites for hydroxylation is 1. The van der Waals surface area contributed by atoms with Crippen molar-refractivity contribution < 1.29 is 4.79 Å². The summed E-state index contributed by atoms with van der Waals surface area (Å²) in [5.41, 5.74) is 4.04. The van der Waals surface area contributed by atoms with Gasteiger partial charge in [-0.1, -0.05) is 79.7 Å². The van der Waals surface area contributed by atoms with Crippen LogP contribution in [0.5, 0.6) is 0 Å². The lowest BCUT2D eigenvalue weighted by molar-refractivity contribution is -0.121. The van der Waals surface area contributed by atoms with E-state index >= 15 is 0 Å². The van der Waals surface area contributed by atoms with Gasteiger partial charge < -0.3 is 5.32 Å². The maximum atomic E-state index is 12.8. The Bertz CT molecular complexity index is 1230. The fraction of sp³-hybridized carbons (Fsp3) is 0.160. The quantitative estimate of drug-likeness (QED) is 0.536. The van der Waals surface area contributed by atoms with Gasteiger partial charge in [-0.25, -0.2) is 4.79 Å². The number of para-hydroxylation sites is 1. The summed E-state index contributed by atoms with van der Waals surface area (Å²) in [6.07, 6.45) is 0.981. The SMILES string of the molecule is CCc1ccc(CNC(=O)Cn2c(=O)nc(-c3ccccc3)c3ccccc32)cc1. The maximum absolute atomic E-state index is 12.8. The number of hydrogen-bond acceptors (Lipinski definition) is 3. The number of amides is 1. The van der Waals surface area contributed by atoms with Crippen molar-refractivity contribution in [2.75, 3.05) is 0 Å². The van der Waals surface area contributed by atoms with E-state index in [4.69, 9.17) is 0 Å². The summed E-state index contributed by atoms with van der Waals surface area (Å²) in [6.45, 7) is 2.45. The van der Waals surface area contributed by atoms with Crippen LogP contribution in [0.15, 0.2) is 83.7 Å². The number of nitrogens with zero attached hydrogens (tertiary/aromatic N) is 2. The standard InChI is InChI=1S/C25H23N3O2/c1-2-18-12-14-19(15-13-18)16-26-23(29)17-28-22-11-7-6-10-21(22)24(27-25(28)30)20-8-4-3-5-9-20/h3-15H,2,16-17H2,1H3,(H,26,29). The van der Waals surface area contributed by atoms with Gasteiger partial charge in [-0.3, -0.25) is 9.36 Å². The third-order valence-electron chi connectivity index (χ3n) is 5.16. The van der Waals surface area contributed by atoms with Gasteiger partial charge in [-0.05, 0) is 23.6 Å². The topological polar surface area (TPSA) is 64.0 Å². The van der Waals surface area contributed by atoms with Crippen LogP contribution in [-0.4, -0.2) is 15.5 Å². The van der Waals surface area contributed by atoms with Gasteiger partial charge in [0.2, 0.25) is 5.91 Å². The predicted molar refractivity (Wildman–Crippen MR) is 119 cm³/mol. The first-order valence-corrected chi connectivity index (χ1v) is 10.0. The summed E-state index contributed by atoms with van der Waals surface area (Å²) >= 11 is 0. The highest BCUT2D eigenvalue weighted by molar-refractivity contribution is 5.93. The minimum absolute atomic E-state index is 0.0749. The normalized spacial score (nSPS) is 10.8. The van der Waals surface area contributed by atoms with Crippen molar-refractivity contribution in [1.82, 2.24) is 14.9 Å². The third-order valence-corrected chi connectivity index (χ3v) is 5.16. The van der Waals surface area contributed by atoms with Crippen LogP contribution in [0.1, 0.15) is 18.1 Å². The van der Waals surface area contributed by atoms with E-state index in [0.29, 0.717) is 17.8 Å². The van der Waals surface area contributed by atoms with Crippen LogP contribution in [0.2, 0.25) is 0 Å². The Balaban J connectivity index is 1.59. The van der Waals surface area contributed by atoms with E-state index in [1.807, 2.05) is 66.7 Å². The molecular formula is C25H23N3O2. The van der Waals surface area contributed by atoms with E-state index in [-0.39, 0.29) is 12.5 Å². The fourth-order valence-corrected chi connectivity index (χ4v) is 3.49. The molecule has 5 nitrogen and oxygen atoms in total. The molecule has 0 aliphatic carbocycles. The van der Waals surface area contributed by atoms with Crippen molar-refractivity contribution in [2.45, 2.75) is 26.4 Å². The molecule has 4 rings (SSSR count). The highest BCUT2D eigenvalue weighted by Gasteiger charge is 2.14. The molecule has 30 heavy (non-hydrogen) atoms. The molecule has 3 aromatic carbocycles. The van der Waals surface area contributed by atoms with Crippen LogP contribution in [0, 0.1) is 0 Å².